The molecule has 154 valence electrons. The van der Waals surface area contributed by atoms with Crippen molar-refractivity contribution in [3.63, 3.8) is 0 Å². The molecule has 0 radical (unpaired) electrons. The van der Waals surface area contributed by atoms with Crippen LogP contribution in [0.25, 0.3) is 11.0 Å². The van der Waals surface area contributed by atoms with E-state index in [9.17, 15) is 0 Å². The van der Waals surface area contributed by atoms with Gasteiger partial charge in [0.1, 0.15) is 23.9 Å². The van der Waals surface area contributed by atoms with E-state index >= 15 is 0 Å². The number of halogens is 1. The molecular weight excluding hydrogens is 396 g/mol. The molecule has 0 spiro atoms. The number of imidazole rings is 1. The highest BCUT2D eigenvalue weighted by Crippen LogP contribution is 2.25. The van der Waals surface area contributed by atoms with Gasteiger partial charge < -0.3 is 14.0 Å². The van der Waals surface area contributed by atoms with Gasteiger partial charge in [-0.05, 0) is 55.7 Å². The summed E-state index contributed by atoms with van der Waals surface area (Å²) in [7, 11) is 0. The Morgan fingerprint density at radius 3 is 2.40 bits per heavy atom. The molecule has 0 saturated carbocycles. The normalized spacial score (nSPS) is 11.0. The van der Waals surface area contributed by atoms with Crippen molar-refractivity contribution in [1.29, 1.82) is 0 Å². The highest BCUT2D eigenvalue weighted by molar-refractivity contribution is 6.32. The first-order valence-corrected chi connectivity index (χ1v) is 10.5. The Hall–Kier alpha value is -2.98. The third kappa shape index (κ3) is 4.44. The first-order chi connectivity index (χ1) is 14.6. The molecule has 0 unspecified atom stereocenters. The second-order valence-electron chi connectivity index (χ2n) is 7.31. The van der Waals surface area contributed by atoms with E-state index in [1.165, 1.54) is 0 Å². The van der Waals surface area contributed by atoms with Crippen molar-refractivity contribution in [2.45, 2.75) is 33.4 Å². The van der Waals surface area contributed by atoms with Crippen LogP contribution in [-0.2, 0) is 13.2 Å². The maximum atomic E-state index is 6.23. The van der Waals surface area contributed by atoms with Crippen molar-refractivity contribution >= 4 is 22.6 Å². The third-order valence-electron chi connectivity index (χ3n) is 5.11. The topological polar surface area (TPSA) is 36.3 Å². The van der Waals surface area contributed by atoms with E-state index in [1.54, 1.807) is 0 Å². The van der Waals surface area contributed by atoms with Crippen LogP contribution in [0.1, 0.15) is 23.4 Å². The molecule has 0 N–H and O–H groups in total. The number of ether oxygens (including phenoxy) is 2. The van der Waals surface area contributed by atoms with Crippen LogP contribution >= 0.6 is 11.6 Å². The minimum absolute atomic E-state index is 0.357. The van der Waals surface area contributed by atoms with Crippen molar-refractivity contribution in [3.8, 4) is 11.5 Å². The van der Waals surface area contributed by atoms with E-state index < -0.39 is 0 Å². The lowest BCUT2D eigenvalue weighted by atomic mass is 10.1. The standard InChI is InChI=1S/C25H25ClN2O2/c1-18-9-7-10-19(2)25(18)29-16-8-15-28-22-13-5-4-12-21(22)27-24(28)17-30-23-14-6-3-11-20(23)26/h3-7,9-14H,8,15-17H2,1-2H3. The van der Waals surface area contributed by atoms with Crippen LogP contribution in [0.3, 0.4) is 0 Å². The number of hydrogen-bond donors (Lipinski definition) is 0. The number of para-hydroxylation sites is 4. The lowest BCUT2D eigenvalue weighted by Gasteiger charge is -2.14. The number of benzene rings is 3. The van der Waals surface area contributed by atoms with Gasteiger partial charge in [-0.25, -0.2) is 4.98 Å². The molecular formula is C25H25ClN2O2. The van der Waals surface area contributed by atoms with Gasteiger partial charge in [0.15, 0.2) is 0 Å². The van der Waals surface area contributed by atoms with E-state index in [0.29, 0.717) is 24.0 Å². The zero-order valence-electron chi connectivity index (χ0n) is 17.3. The monoisotopic (exact) mass is 420 g/mol. The van der Waals surface area contributed by atoms with E-state index in [1.807, 2.05) is 42.5 Å². The van der Waals surface area contributed by atoms with Gasteiger partial charge in [0.25, 0.3) is 0 Å². The zero-order chi connectivity index (χ0) is 20.9. The summed E-state index contributed by atoms with van der Waals surface area (Å²) in [6.07, 6.45) is 0.868. The lowest BCUT2D eigenvalue weighted by molar-refractivity contribution is 0.279. The fourth-order valence-electron chi connectivity index (χ4n) is 3.61. The van der Waals surface area contributed by atoms with Crippen molar-refractivity contribution in [2.75, 3.05) is 6.61 Å². The largest absolute Gasteiger partial charge is 0.493 e. The van der Waals surface area contributed by atoms with Crippen molar-refractivity contribution < 1.29 is 9.47 Å². The highest BCUT2D eigenvalue weighted by Gasteiger charge is 2.12. The Morgan fingerprint density at radius 1 is 0.867 bits per heavy atom. The van der Waals surface area contributed by atoms with Crippen LogP contribution in [-0.4, -0.2) is 16.2 Å². The SMILES string of the molecule is Cc1cccc(C)c1OCCCn1c(COc2ccccc2Cl)nc2ccccc21. The van der Waals surface area contributed by atoms with Gasteiger partial charge in [0, 0.05) is 6.54 Å². The summed E-state index contributed by atoms with van der Waals surface area (Å²) in [5, 5.41) is 0.599. The van der Waals surface area contributed by atoms with Gasteiger partial charge in [-0.15, -0.1) is 0 Å². The average Bonchev–Trinajstić information content (AvgIpc) is 3.10. The smallest absolute Gasteiger partial charge is 0.148 e. The Balaban J connectivity index is 1.47. The predicted molar refractivity (Wildman–Crippen MR) is 122 cm³/mol. The first-order valence-electron chi connectivity index (χ1n) is 10.1. The Kier molecular flexibility index (Phi) is 6.24. The van der Waals surface area contributed by atoms with Gasteiger partial charge in [0.2, 0.25) is 0 Å². The average molecular weight is 421 g/mol. The highest BCUT2D eigenvalue weighted by atomic mass is 35.5. The Bertz CT molecular complexity index is 1130. The van der Waals surface area contributed by atoms with Crippen LogP contribution in [0, 0.1) is 13.8 Å². The molecule has 0 fully saturated rings. The van der Waals surface area contributed by atoms with Gasteiger partial charge in [-0.3, -0.25) is 0 Å². The minimum atomic E-state index is 0.357. The summed E-state index contributed by atoms with van der Waals surface area (Å²) in [5.41, 5.74) is 4.39. The van der Waals surface area contributed by atoms with Gasteiger partial charge in [-0.1, -0.05) is 54.1 Å². The maximum absolute atomic E-state index is 6.23. The number of fused-ring (bicyclic) bond motifs is 1. The molecule has 4 aromatic rings. The summed E-state index contributed by atoms with van der Waals surface area (Å²) in [6.45, 7) is 5.96. The number of aryl methyl sites for hydroxylation is 3. The molecule has 0 bridgehead atoms. The first kappa shape index (κ1) is 20.3. The summed E-state index contributed by atoms with van der Waals surface area (Å²) in [6, 6.07) is 21.9. The van der Waals surface area contributed by atoms with Crippen LogP contribution < -0.4 is 9.47 Å². The fraction of sp³-hybridized carbons (Fsp3) is 0.240. The molecule has 4 nitrogen and oxygen atoms in total. The quantitative estimate of drug-likeness (QED) is 0.311. The molecule has 30 heavy (non-hydrogen) atoms. The zero-order valence-corrected chi connectivity index (χ0v) is 18.0. The Morgan fingerprint density at radius 2 is 1.60 bits per heavy atom. The van der Waals surface area contributed by atoms with E-state index in [-0.39, 0.29) is 0 Å². The van der Waals surface area contributed by atoms with E-state index in [2.05, 4.69) is 42.7 Å². The summed E-state index contributed by atoms with van der Waals surface area (Å²) >= 11 is 6.23. The molecule has 5 heteroatoms. The number of rotatable bonds is 8. The Labute approximate surface area is 182 Å². The molecule has 1 heterocycles. The molecule has 0 saturated heterocycles. The van der Waals surface area contributed by atoms with Crippen LogP contribution in [0.4, 0.5) is 0 Å². The van der Waals surface area contributed by atoms with E-state index in [4.69, 9.17) is 26.1 Å². The number of aromatic nitrogens is 2. The van der Waals surface area contributed by atoms with Crippen LogP contribution in [0.2, 0.25) is 5.02 Å². The van der Waals surface area contributed by atoms with Crippen molar-refractivity contribution in [3.05, 3.63) is 88.7 Å². The predicted octanol–water partition coefficient (Wildman–Crippen LogP) is 6.35. The minimum Gasteiger partial charge on any atom is -0.493 e. The van der Waals surface area contributed by atoms with Gasteiger partial charge in [-0.2, -0.15) is 0 Å². The maximum Gasteiger partial charge on any atom is 0.148 e. The molecule has 0 aliphatic heterocycles. The second kappa shape index (κ2) is 9.23. The van der Waals surface area contributed by atoms with Gasteiger partial charge >= 0.3 is 0 Å². The molecule has 3 aromatic carbocycles. The molecule has 0 aliphatic carbocycles. The third-order valence-corrected chi connectivity index (χ3v) is 5.42. The van der Waals surface area contributed by atoms with Crippen molar-refractivity contribution in [2.24, 2.45) is 0 Å². The number of hydrogen-bond acceptors (Lipinski definition) is 3. The molecule has 1 aromatic heterocycles. The molecule has 0 atom stereocenters. The molecule has 0 aliphatic rings. The second-order valence-corrected chi connectivity index (χ2v) is 7.72. The van der Waals surface area contributed by atoms with Crippen LogP contribution in [0.15, 0.2) is 66.7 Å². The van der Waals surface area contributed by atoms with E-state index in [0.717, 1.165) is 46.7 Å². The van der Waals surface area contributed by atoms with Gasteiger partial charge in [0.05, 0.1) is 22.7 Å². The molecule has 0 amide bonds. The van der Waals surface area contributed by atoms with Crippen molar-refractivity contribution in [1.82, 2.24) is 9.55 Å². The fourth-order valence-corrected chi connectivity index (χ4v) is 3.80. The summed E-state index contributed by atoms with van der Waals surface area (Å²) < 4.78 is 14.2. The summed E-state index contributed by atoms with van der Waals surface area (Å²) in [4.78, 5) is 4.78. The number of nitrogens with zero attached hydrogens (tertiary/aromatic N) is 2. The van der Waals surface area contributed by atoms with Crippen LogP contribution in [0.5, 0.6) is 11.5 Å². The summed E-state index contributed by atoms with van der Waals surface area (Å²) in [5.74, 6) is 2.52. The molecule has 4 rings (SSSR count). The lowest BCUT2D eigenvalue weighted by Crippen LogP contribution is -2.10.